The Morgan fingerprint density at radius 1 is 1.47 bits per heavy atom. The Morgan fingerprint density at radius 3 is 2.87 bits per heavy atom. The van der Waals surface area contributed by atoms with Gasteiger partial charge in [-0.1, -0.05) is 22.9 Å². The predicted molar refractivity (Wildman–Crippen MR) is 66.0 cm³/mol. The van der Waals surface area contributed by atoms with Crippen molar-refractivity contribution in [1.82, 2.24) is 9.88 Å². The van der Waals surface area contributed by atoms with Crippen LogP contribution in [0.15, 0.2) is 24.5 Å². The van der Waals surface area contributed by atoms with Crippen molar-refractivity contribution >= 4 is 15.9 Å². The third-order valence-corrected chi connectivity index (χ3v) is 3.95. The van der Waals surface area contributed by atoms with E-state index in [0.717, 1.165) is 17.8 Å². The van der Waals surface area contributed by atoms with E-state index in [9.17, 15) is 0 Å². The second-order valence-electron chi connectivity index (χ2n) is 4.31. The summed E-state index contributed by atoms with van der Waals surface area (Å²) in [5.41, 5.74) is 1.37. The lowest BCUT2D eigenvalue weighted by atomic mass is 10.1. The zero-order valence-corrected chi connectivity index (χ0v) is 10.7. The first kappa shape index (κ1) is 11.1. The van der Waals surface area contributed by atoms with Gasteiger partial charge in [-0.25, -0.2) is 0 Å². The minimum atomic E-state index is 0.693. The van der Waals surface area contributed by atoms with E-state index in [1.54, 1.807) is 0 Å². The molecule has 82 valence electrons. The van der Waals surface area contributed by atoms with Crippen LogP contribution in [-0.4, -0.2) is 27.8 Å². The number of likely N-dealkylation sites (tertiary alicyclic amines) is 1. The first-order valence-electron chi connectivity index (χ1n) is 5.50. The highest BCUT2D eigenvalue weighted by molar-refractivity contribution is 9.09. The lowest BCUT2D eigenvalue weighted by Crippen LogP contribution is -2.32. The number of alkyl halides is 1. The average Bonchev–Trinajstić information content (AvgIpc) is 2.61. The molecule has 1 aromatic heterocycles. The van der Waals surface area contributed by atoms with E-state index in [1.807, 2.05) is 12.4 Å². The lowest BCUT2D eigenvalue weighted by molar-refractivity contribution is 0.244. The van der Waals surface area contributed by atoms with Crippen LogP contribution in [0.25, 0.3) is 0 Å². The molecule has 0 saturated carbocycles. The molecule has 0 bridgehead atoms. The summed E-state index contributed by atoms with van der Waals surface area (Å²) < 4.78 is 0. The number of pyridine rings is 1. The number of rotatable bonds is 3. The zero-order valence-electron chi connectivity index (χ0n) is 9.06. The van der Waals surface area contributed by atoms with Crippen molar-refractivity contribution in [2.24, 2.45) is 5.92 Å². The smallest absolute Gasteiger partial charge is 0.0271 e. The summed E-state index contributed by atoms with van der Waals surface area (Å²) in [5.74, 6) is 0.811. The summed E-state index contributed by atoms with van der Waals surface area (Å²) in [4.78, 5) is 6.61. The van der Waals surface area contributed by atoms with Gasteiger partial charge in [0.15, 0.2) is 0 Å². The molecule has 3 heteroatoms. The topological polar surface area (TPSA) is 16.1 Å². The van der Waals surface area contributed by atoms with Crippen LogP contribution in [0.3, 0.4) is 0 Å². The van der Waals surface area contributed by atoms with Crippen LogP contribution in [0.1, 0.15) is 18.9 Å². The van der Waals surface area contributed by atoms with E-state index >= 15 is 0 Å². The molecule has 0 N–H and O–H groups in total. The minimum Gasteiger partial charge on any atom is -0.295 e. The molecular formula is C12H17BrN2. The molecule has 1 aromatic rings. The molecule has 1 saturated heterocycles. The second-order valence-corrected chi connectivity index (χ2v) is 4.96. The Bertz CT molecular complexity index is 302. The fourth-order valence-electron chi connectivity index (χ4n) is 2.26. The molecule has 0 aromatic carbocycles. The van der Waals surface area contributed by atoms with Gasteiger partial charge in [0, 0.05) is 30.3 Å². The molecule has 0 radical (unpaired) electrons. The second kappa shape index (κ2) is 5.08. The Kier molecular flexibility index (Phi) is 3.76. The first-order chi connectivity index (χ1) is 7.31. The van der Waals surface area contributed by atoms with Crippen LogP contribution in [0.5, 0.6) is 0 Å². The van der Waals surface area contributed by atoms with E-state index in [4.69, 9.17) is 0 Å². The van der Waals surface area contributed by atoms with Crippen LogP contribution >= 0.6 is 15.9 Å². The molecule has 1 fully saturated rings. The number of aromatic nitrogens is 1. The molecule has 2 rings (SSSR count). The van der Waals surface area contributed by atoms with Gasteiger partial charge in [-0.2, -0.15) is 0 Å². The summed E-state index contributed by atoms with van der Waals surface area (Å²) in [6.45, 7) is 4.63. The summed E-state index contributed by atoms with van der Waals surface area (Å²) in [7, 11) is 0. The summed E-state index contributed by atoms with van der Waals surface area (Å²) in [5, 5.41) is 1.08. The van der Waals surface area contributed by atoms with Crippen molar-refractivity contribution in [1.29, 1.82) is 0 Å². The zero-order chi connectivity index (χ0) is 10.7. The molecule has 2 atom stereocenters. The minimum absolute atomic E-state index is 0.693. The molecule has 2 nitrogen and oxygen atoms in total. The highest BCUT2D eigenvalue weighted by Crippen LogP contribution is 2.26. The van der Waals surface area contributed by atoms with Crippen LogP contribution in [0, 0.1) is 5.92 Å². The van der Waals surface area contributed by atoms with Crippen molar-refractivity contribution in [3.8, 4) is 0 Å². The first-order valence-corrected chi connectivity index (χ1v) is 6.62. The fraction of sp³-hybridized carbons (Fsp3) is 0.583. The monoisotopic (exact) mass is 268 g/mol. The number of nitrogens with zero attached hydrogens (tertiary/aromatic N) is 2. The third kappa shape index (κ3) is 2.58. The highest BCUT2D eigenvalue weighted by Gasteiger charge is 2.29. The Hall–Kier alpha value is -0.410. The molecule has 1 aliphatic heterocycles. The van der Waals surface area contributed by atoms with E-state index in [2.05, 4.69) is 44.9 Å². The highest BCUT2D eigenvalue weighted by atomic mass is 79.9. The molecular weight excluding hydrogens is 252 g/mol. The summed E-state index contributed by atoms with van der Waals surface area (Å²) >= 11 is 3.62. The maximum atomic E-state index is 4.05. The van der Waals surface area contributed by atoms with E-state index in [0.29, 0.717) is 6.04 Å². The lowest BCUT2D eigenvalue weighted by Gasteiger charge is -2.24. The van der Waals surface area contributed by atoms with Crippen LogP contribution in [0.4, 0.5) is 0 Å². The normalized spacial score (nSPS) is 27.1. The maximum absolute atomic E-state index is 4.05. The van der Waals surface area contributed by atoms with Crippen molar-refractivity contribution in [3.05, 3.63) is 30.1 Å². The van der Waals surface area contributed by atoms with Gasteiger partial charge in [0.1, 0.15) is 0 Å². The molecule has 0 amide bonds. The summed E-state index contributed by atoms with van der Waals surface area (Å²) in [6.07, 6.45) is 5.07. The fourth-order valence-corrected chi connectivity index (χ4v) is 3.30. The van der Waals surface area contributed by atoms with Gasteiger partial charge in [0.25, 0.3) is 0 Å². The van der Waals surface area contributed by atoms with E-state index in [-0.39, 0.29) is 0 Å². The van der Waals surface area contributed by atoms with Crippen molar-refractivity contribution in [2.45, 2.75) is 25.9 Å². The van der Waals surface area contributed by atoms with Crippen molar-refractivity contribution in [3.63, 3.8) is 0 Å². The van der Waals surface area contributed by atoms with Crippen LogP contribution < -0.4 is 0 Å². The standard InChI is InChI=1S/C12H17BrN2/c1-10-4-7-15(12(10)8-13)9-11-2-5-14-6-3-11/h2-3,5-6,10,12H,4,7-9H2,1H3. The summed E-state index contributed by atoms with van der Waals surface area (Å²) in [6, 6.07) is 4.90. The van der Waals surface area contributed by atoms with E-state index < -0.39 is 0 Å². The Balaban J connectivity index is 2.00. The van der Waals surface area contributed by atoms with Gasteiger partial charge in [-0.15, -0.1) is 0 Å². The third-order valence-electron chi connectivity index (χ3n) is 3.29. The van der Waals surface area contributed by atoms with E-state index in [1.165, 1.54) is 18.5 Å². The SMILES string of the molecule is CC1CCN(Cc2ccncc2)C1CBr. The van der Waals surface area contributed by atoms with Gasteiger partial charge >= 0.3 is 0 Å². The maximum Gasteiger partial charge on any atom is 0.0271 e. The molecule has 15 heavy (non-hydrogen) atoms. The molecule has 1 aliphatic rings. The Labute approximate surface area is 99.8 Å². The Morgan fingerprint density at radius 2 is 2.20 bits per heavy atom. The molecule has 2 unspecified atom stereocenters. The van der Waals surface area contributed by atoms with Crippen molar-refractivity contribution in [2.75, 3.05) is 11.9 Å². The number of halogens is 1. The largest absolute Gasteiger partial charge is 0.295 e. The van der Waals surface area contributed by atoms with Crippen molar-refractivity contribution < 1.29 is 0 Å². The van der Waals surface area contributed by atoms with Crippen LogP contribution in [-0.2, 0) is 6.54 Å². The van der Waals surface area contributed by atoms with Crippen LogP contribution in [0.2, 0.25) is 0 Å². The van der Waals surface area contributed by atoms with Gasteiger partial charge in [-0.05, 0) is 36.6 Å². The molecule has 2 heterocycles. The quantitative estimate of drug-likeness (QED) is 0.784. The number of hydrogen-bond donors (Lipinski definition) is 0. The predicted octanol–water partition coefficient (Wildman–Crippen LogP) is 2.69. The molecule has 0 spiro atoms. The van der Waals surface area contributed by atoms with Gasteiger partial charge < -0.3 is 0 Å². The molecule has 0 aliphatic carbocycles. The average molecular weight is 269 g/mol. The van der Waals surface area contributed by atoms with Gasteiger partial charge in [-0.3, -0.25) is 9.88 Å². The number of hydrogen-bond acceptors (Lipinski definition) is 2. The van der Waals surface area contributed by atoms with Gasteiger partial charge in [0.05, 0.1) is 0 Å². The van der Waals surface area contributed by atoms with Gasteiger partial charge in [0.2, 0.25) is 0 Å².